The van der Waals surface area contributed by atoms with Crippen LogP contribution in [0.3, 0.4) is 0 Å². The number of para-hydroxylation sites is 1. The van der Waals surface area contributed by atoms with Gasteiger partial charge in [-0.05, 0) is 24.5 Å². The van der Waals surface area contributed by atoms with E-state index in [1.54, 1.807) is 7.05 Å². The van der Waals surface area contributed by atoms with Crippen LogP contribution in [0.2, 0.25) is 0 Å². The first-order chi connectivity index (χ1) is 11.9. The molecule has 0 aliphatic carbocycles. The summed E-state index contributed by atoms with van der Waals surface area (Å²) in [5, 5.41) is 6.78. The summed E-state index contributed by atoms with van der Waals surface area (Å²) in [5.41, 5.74) is 2.56. The van der Waals surface area contributed by atoms with Crippen LogP contribution in [0.5, 0.6) is 0 Å². The SMILES string of the molecule is CN=C(NCc1ccccc1N1CCOCC1)NCC1CCCO1. The topological polar surface area (TPSA) is 58.1 Å². The average molecular weight is 332 g/mol. The standard InChI is InChI=1S/C18H28N4O2/c1-19-18(21-14-16-6-4-10-24-16)20-13-15-5-2-3-7-17(15)22-8-11-23-12-9-22/h2-3,5,7,16H,4,6,8-14H2,1H3,(H2,19,20,21). The van der Waals surface area contributed by atoms with E-state index in [1.165, 1.54) is 11.3 Å². The van der Waals surface area contributed by atoms with E-state index in [4.69, 9.17) is 9.47 Å². The molecule has 2 saturated heterocycles. The highest BCUT2D eigenvalue weighted by Crippen LogP contribution is 2.21. The lowest BCUT2D eigenvalue weighted by Crippen LogP contribution is -2.41. The first-order valence-corrected chi connectivity index (χ1v) is 8.83. The summed E-state index contributed by atoms with van der Waals surface area (Å²) in [6.07, 6.45) is 2.60. The van der Waals surface area contributed by atoms with Crippen molar-refractivity contribution in [3.63, 3.8) is 0 Å². The van der Waals surface area contributed by atoms with Gasteiger partial charge in [-0.25, -0.2) is 0 Å². The van der Waals surface area contributed by atoms with Gasteiger partial charge < -0.3 is 25.0 Å². The van der Waals surface area contributed by atoms with Crippen LogP contribution in [0.15, 0.2) is 29.3 Å². The van der Waals surface area contributed by atoms with Crippen molar-refractivity contribution in [2.75, 3.05) is 51.4 Å². The van der Waals surface area contributed by atoms with E-state index in [2.05, 4.69) is 44.8 Å². The molecule has 2 N–H and O–H groups in total. The van der Waals surface area contributed by atoms with Gasteiger partial charge in [0, 0.05) is 45.5 Å². The van der Waals surface area contributed by atoms with E-state index in [-0.39, 0.29) is 0 Å². The third kappa shape index (κ3) is 4.61. The maximum Gasteiger partial charge on any atom is 0.191 e. The monoisotopic (exact) mass is 332 g/mol. The van der Waals surface area contributed by atoms with E-state index >= 15 is 0 Å². The minimum atomic E-state index is 0.309. The van der Waals surface area contributed by atoms with Gasteiger partial charge in [0.2, 0.25) is 0 Å². The fourth-order valence-corrected chi connectivity index (χ4v) is 3.19. The highest BCUT2D eigenvalue weighted by molar-refractivity contribution is 5.79. The van der Waals surface area contributed by atoms with Crippen LogP contribution in [0.1, 0.15) is 18.4 Å². The van der Waals surface area contributed by atoms with E-state index in [9.17, 15) is 0 Å². The quantitative estimate of drug-likeness (QED) is 0.630. The molecule has 0 radical (unpaired) electrons. The molecule has 6 heteroatoms. The zero-order valence-corrected chi connectivity index (χ0v) is 14.5. The normalized spacial score (nSPS) is 21.8. The minimum Gasteiger partial charge on any atom is -0.378 e. The van der Waals surface area contributed by atoms with Crippen molar-refractivity contribution in [3.05, 3.63) is 29.8 Å². The predicted molar refractivity (Wildman–Crippen MR) is 96.6 cm³/mol. The van der Waals surface area contributed by atoms with Crippen LogP contribution in [-0.4, -0.2) is 58.6 Å². The summed E-state index contributed by atoms with van der Waals surface area (Å²) >= 11 is 0. The largest absolute Gasteiger partial charge is 0.378 e. The molecule has 0 bridgehead atoms. The molecule has 2 heterocycles. The van der Waals surface area contributed by atoms with E-state index in [1.807, 2.05) is 0 Å². The third-order valence-electron chi connectivity index (χ3n) is 4.53. The molecular formula is C18H28N4O2. The molecule has 1 unspecified atom stereocenters. The molecule has 132 valence electrons. The highest BCUT2D eigenvalue weighted by atomic mass is 16.5. The van der Waals surface area contributed by atoms with Crippen LogP contribution in [0, 0.1) is 0 Å². The number of hydrogen-bond donors (Lipinski definition) is 2. The fourth-order valence-electron chi connectivity index (χ4n) is 3.19. The van der Waals surface area contributed by atoms with Crippen LogP contribution < -0.4 is 15.5 Å². The number of nitrogens with one attached hydrogen (secondary N) is 2. The number of anilines is 1. The Labute approximate surface area is 144 Å². The second-order valence-electron chi connectivity index (χ2n) is 6.17. The third-order valence-corrected chi connectivity index (χ3v) is 4.53. The predicted octanol–water partition coefficient (Wildman–Crippen LogP) is 1.37. The van der Waals surface area contributed by atoms with Crippen LogP contribution in [0.4, 0.5) is 5.69 Å². The highest BCUT2D eigenvalue weighted by Gasteiger charge is 2.16. The van der Waals surface area contributed by atoms with Crippen LogP contribution in [-0.2, 0) is 16.0 Å². The number of benzene rings is 1. The van der Waals surface area contributed by atoms with Crippen molar-refractivity contribution in [2.24, 2.45) is 4.99 Å². The van der Waals surface area contributed by atoms with Gasteiger partial charge in [0.05, 0.1) is 19.3 Å². The minimum absolute atomic E-state index is 0.309. The molecule has 2 aliphatic rings. The van der Waals surface area contributed by atoms with Gasteiger partial charge in [-0.3, -0.25) is 4.99 Å². The zero-order valence-electron chi connectivity index (χ0n) is 14.5. The van der Waals surface area contributed by atoms with E-state index in [0.29, 0.717) is 6.10 Å². The molecule has 0 spiro atoms. The van der Waals surface area contributed by atoms with Gasteiger partial charge in [-0.2, -0.15) is 0 Å². The van der Waals surface area contributed by atoms with Crippen molar-refractivity contribution in [1.29, 1.82) is 0 Å². The van der Waals surface area contributed by atoms with Gasteiger partial charge in [0.1, 0.15) is 0 Å². The summed E-state index contributed by atoms with van der Waals surface area (Å²) in [6.45, 7) is 5.93. The van der Waals surface area contributed by atoms with E-state index < -0.39 is 0 Å². The maximum absolute atomic E-state index is 5.65. The number of aliphatic imine (C=N–C) groups is 1. The Hall–Kier alpha value is -1.79. The van der Waals surface area contributed by atoms with Crippen molar-refractivity contribution >= 4 is 11.6 Å². The van der Waals surface area contributed by atoms with Crippen molar-refractivity contribution < 1.29 is 9.47 Å². The summed E-state index contributed by atoms with van der Waals surface area (Å²) < 4.78 is 11.1. The Morgan fingerprint density at radius 1 is 1.21 bits per heavy atom. The summed E-state index contributed by atoms with van der Waals surface area (Å²) in [4.78, 5) is 6.70. The Bertz CT molecular complexity index is 538. The second-order valence-corrected chi connectivity index (χ2v) is 6.17. The van der Waals surface area contributed by atoms with Crippen molar-refractivity contribution in [1.82, 2.24) is 10.6 Å². The molecule has 1 atom stereocenters. The number of guanidine groups is 1. The molecule has 0 amide bonds. The summed E-state index contributed by atoms with van der Waals surface area (Å²) in [5.74, 6) is 0.822. The molecular weight excluding hydrogens is 304 g/mol. The lowest BCUT2D eigenvalue weighted by Gasteiger charge is -2.30. The van der Waals surface area contributed by atoms with Crippen molar-refractivity contribution in [2.45, 2.75) is 25.5 Å². The molecule has 1 aromatic rings. The first-order valence-electron chi connectivity index (χ1n) is 8.83. The summed E-state index contributed by atoms with van der Waals surface area (Å²) in [6, 6.07) is 8.54. The number of morpholine rings is 1. The van der Waals surface area contributed by atoms with Gasteiger partial charge >= 0.3 is 0 Å². The lowest BCUT2D eigenvalue weighted by molar-refractivity contribution is 0.114. The van der Waals surface area contributed by atoms with Gasteiger partial charge in [-0.1, -0.05) is 18.2 Å². The second kappa shape index (κ2) is 8.89. The Morgan fingerprint density at radius 2 is 2.04 bits per heavy atom. The van der Waals surface area contributed by atoms with Gasteiger partial charge in [-0.15, -0.1) is 0 Å². The van der Waals surface area contributed by atoms with Crippen LogP contribution >= 0.6 is 0 Å². The van der Waals surface area contributed by atoms with Crippen LogP contribution in [0.25, 0.3) is 0 Å². The first kappa shape index (κ1) is 17.0. The average Bonchev–Trinajstić information content (AvgIpc) is 3.16. The molecule has 0 saturated carbocycles. The van der Waals surface area contributed by atoms with Gasteiger partial charge in [0.15, 0.2) is 5.96 Å². The molecule has 24 heavy (non-hydrogen) atoms. The molecule has 2 fully saturated rings. The van der Waals surface area contributed by atoms with Gasteiger partial charge in [0.25, 0.3) is 0 Å². The van der Waals surface area contributed by atoms with Crippen molar-refractivity contribution in [3.8, 4) is 0 Å². The summed E-state index contributed by atoms with van der Waals surface area (Å²) in [7, 11) is 1.80. The zero-order chi connectivity index (χ0) is 16.6. The molecule has 2 aliphatic heterocycles. The number of rotatable bonds is 5. The molecule has 3 rings (SSSR count). The molecule has 6 nitrogen and oxygen atoms in total. The Balaban J connectivity index is 1.54. The Kier molecular flexibility index (Phi) is 6.32. The maximum atomic E-state index is 5.65. The number of hydrogen-bond acceptors (Lipinski definition) is 4. The Morgan fingerprint density at radius 3 is 2.79 bits per heavy atom. The smallest absolute Gasteiger partial charge is 0.191 e. The lowest BCUT2D eigenvalue weighted by atomic mass is 10.1. The number of ether oxygens (including phenoxy) is 2. The molecule has 1 aromatic carbocycles. The van der Waals surface area contributed by atoms with E-state index in [0.717, 1.165) is 64.8 Å². The fraction of sp³-hybridized carbons (Fsp3) is 0.611. The molecule has 0 aromatic heterocycles. The number of nitrogens with zero attached hydrogens (tertiary/aromatic N) is 2.